The number of amides is 2. The zero-order valence-corrected chi connectivity index (χ0v) is 23.3. The Kier molecular flexibility index (Phi) is 10.9. The van der Waals surface area contributed by atoms with Crippen LogP contribution in [0, 0.1) is 0 Å². The van der Waals surface area contributed by atoms with Gasteiger partial charge in [0.25, 0.3) is 0 Å². The third-order valence-electron chi connectivity index (χ3n) is 5.93. The first-order valence-corrected chi connectivity index (χ1v) is 14.6. The van der Waals surface area contributed by atoms with E-state index in [4.69, 9.17) is 4.55 Å². The van der Waals surface area contributed by atoms with Crippen molar-refractivity contribution in [2.75, 3.05) is 7.11 Å². The van der Waals surface area contributed by atoms with Crippen LogP contribution in [-0.4, -0.2) is 54.9 Å². The summed E-state index contributed by atoms with van der Waals surface area (Å²) in [5.41, 5.74) is 2.55. The summed E-state index contributed by atoms with van der Waals surface area (Å²) in [5.74, 6) is -1.79. The Morgan fingerprint density at radius 3 is 2.51 bits per heavy atom. The Hall–Kier alpha value is -3.39. The van der Waals surface area contributed by atoms with E-state index in [9.17, 15) is 22.8 Å². The van der Waals surface area contributed by atoms with Crippen LogP contribution in [0.3, 0.4) is 0 Å². The number of nitrogens with one attached hydrogen (secondary N) is 3. The number of hydrogen-bond acceptors (Lipinski definition) is 8. The van der Waals surface area contributed by atoms with Crippen molar-refractivity contribution in [2.45, 2.75) is 57.2 Å². The molecule has 0 fully saturated rings. The second kappa shape index (κ2) is 14.1. The zero-order chi connectivity index (χ0) is 28.4. The van der Waals surface area contributed by atoms with Gasteiger partial charge < -0.3 is 15.4 Å². The number of carbonyl (C=O) groups is 3. The highest BCUT2D eigenvalue weighted by molar-refractivity contribution is 7.83. The maximum Gasteiger partial charge on any atom is 0.333 e. The lowest BCUT2D eigenvalue weighted by atomic mass is 9.97. The summed E-state index contributed by atoms with van der Waals surface area (Å²) in [6, 6.07) is 7.12. The van der Waals surface area contributed by atoms with E-state index in [1.54, 1.807) is 12.2 Å². The van der Waals surface area contributed by atoms with Gasteiger partial charge in [0.05, 0.1) is 18.8 Å². The normalized spacial score (nSPS) is 16.6. The smallest absolute Gasteiger partial charge is 0.333 e. The molecule has 39 heavy (non-hydrogen) atoms. The van der Waals surface area contributed by atoms with Gasteiger partial charge in [0.1, 0.15) is 17.5 Å². The summed E-state index contributed by atoms with van der Waals surface area (Å²) < 4.78 is 38.0. The van der Waals surface area contributed by atoms with E-state index < -0.39 is 52.6 Å². The fourth-order valence-corrected chi connectivity index (χ4v) is 5.47. The van der Waals surface area contributed by atoms with Gasteiger partial charge in [0.15, 0.2) is 0 Å². The monoisotopic (exact) mass is 576 g/mol. The number of hydrogen-bond donors (Lipinski definition) is 4. The van der Waals surface area contributed by atoms with E-state index >= 15 is 0 Å². The largest absolute Gasteiger partial charge is 0.469 e. The maximum atomic E-state index is 13.5. The third kappa shape index (κ3) is 10.0. The van der Waals surface area contributed by atoms with Crippen molar-refractivity contribution in [1.82, 2.24) is 20.3 Å². The summed E-state index contributed by atoms with van der Waals surface area (Å²) in [5, 5.41) is 8.27. The van der Waals surface area contributed by atoms with Crippen LogP contribution < -0.4 is 15.4 Å². The quantitative estimate of drug-likeness (QED) is 0.160. The molecule has 1 aromatic carbocycles. The van der Waals surface area contributed by atoms with Gasteiger partial charge in [-0.1, -0.05) is 55.5 Å². The van der Waals surface area contributed by atoms with Crippen molar-refractivity contribution in [2.24, 2.45) is 0 Å². The first-order chi connectivity index (χ1) is 18.6. The standard InChI is InChI=1S/C26H32N4O7S2/c1-3-19-16-38-26(27-19)22(14-18-9-11-20(12-10-18)30-39(34,35)36)29-25(33)21(13-17-7-5-4-6-8-17)28-23(31)15-24(32)37-2/h4-11,16,20-22,30H,3,12-15H2,1-2H3,(H,28,31)(H,29,33)(H,34,35,36)/t20?,21-,22-/m0/s1. The van der Waals surface area contributed by atoms with Gasteiger partial charge in [-0.3, -0.25) is 18.9 Å². The Bertz CT molecular complexity index is 1320. The second-order valence-corrected chi connectivity index (χ2v) is 11.0. The average Bonchev–Trinajstić information content (AvgIpc) is 3.38. The maximum absolute atomic E-state index is 13.5. The summed E-state index contributed by atoms with van der Waals surface area (Å²) in [6.45, 7) is 1.98. The van der Waals surface area contributed by atoms with Crippen LogP contribution in [0.1, 0.15) is 48.5 Å². The third-order valence-corrected chi connectivity index (χ3v) is 7.54. The molecule has 0 radical (unpaired) electrons. The molecule has 0 spiro atoms. The zero-order valence-electron chi connectivity index (χ0n) is 21.6. The molecule has 4 N–H and O–H groups in total. The minimum atomic E-state index is -4.34. The molecule has 1 heterocycles. The number of methoxy groups -OCH3 is 1. The Labute approximate surface area is 231 Å². The molecule has 2 amide bonds. The van der Waals surface area contributed by atoms with Crippen LogP contribution in [0.4, 0.5) is 0 Å². The predicted octanol–water partition coefficient (Wildman–Crippen LogP) is 2.19. The van der Waals surface area contributed by atoms with E-state index in [2.05, 4.69) is 25.1 Å². The number of thiazole rings is 1. The van der Waals surface area contributed by atoms with Crippen molar-refractivity contribution in [3.8, 4) is 0 Å². The summed E-state index contributed by atoms with van der Waals surface area (Å²) in [4.78, 5) is 42.3. The van der Waals surface area contributed by atoms with Gasteiger partial charge in [-0.05, 0) is 30.4 Å². The Morgan fingerprint density at radius 1 is 1.18 bits per heavy atom. The Balaban J connectivity index is 1.79. The van der Waals surface area contributed by atoms with E-state index in [1.165, 1.54) is 18.4 Å². The molecular weight excluding hydrogens is 544 g/mol. The SMILES string of the molecule is CCc1csc([C@H](CC2=CCC(NS(=O)(=O)O)C=C2)NC(=O)[C@H](Cc2ccccc2)NC(=O)CC(=O)OC)n1. The first-order valence-electron chi connectivity index (χ1n) is 12.3. The fraction of sp³-hybridized carbons (Fsp3) is 0.385. The number of aromatic nitrogens is 1. The number of benzene rings is 1. The highest BCUT2D eigenvalue weighted by atomic mass is 32.2. The molecule has 0 bridgehead atoms. The number of aryl methyl sites for hydroxylation is 1. The molecule has 1 aromatic heterocycles. The molecule has 1 aliphatic carbocycles. The molecule has 3 rings (SSSR count). The van der Waals surface area contributed by atoms with Gasteiger partial charge >= 0.3 is 16.3 Å². The molecule has 11 nitrogen and oxygen atoms in total. The summed E-state index contributed by atoms with van der Waals surface area (Å²) >= 11 is 1.41. The molecule has 210 valence electrons. The van der Waals surface area contributed by atoms with Gasteiger partial charge in [-0.15, -0.1) is 11.3 Å². The van der Waals surface area contributed by atoms with Crippen molar-refractivity contribution in [3.63, 3.8) is 0 Å². The molecular formula is C26H32N4O7S2. The summed E-state index contributed by atoms with van der Waals surface area (Å²) in [7, 11) is -3.15. The van der Waals surface area contributed by atoms with Crippen molar-refractivity contribution in [1.29, 1.82) is 0 Å². The fourth-order valence-electron chi connectivity index (χ4n) is 3.96. The van der Waals surface area contributed by atoms with Gasteiger partial charge in [-0.2, -0.15) is 13.1 Å². The molecule has 2 aromatic rings. The number of ether oxygens (including phenoxy) is 1. The van der Waals surface area contributed by atoms with E-state index in [1.807, 2.05) is 48.7 Å². The summed E-state index contributed by atoms with van der Waals surface area (Å²) in [6.07, 6.45) is 6.30. The second-order valence-electron chi connectivity index (χ2n) is 8.93. The number of allylic oxidation sites excluding steroid dienone is 1. The topological polar surface area (TPSA) is 164 Å². The average molecular weight is 577 g/mol. The van der Waals surface area contributed by atoms with Crippen LogP contribution in [0.2, 0.25) is 0 Å². The number of rotatable bonds is 13. The lowest BCUT2D eigenvalue weighted by molar-refractivity contribution is -0.144. The molecule has 13 heteroatoms. The van der Waals surface area contributed by atoms with Gasteiger partial charge in [0.2, 0.25) is 11.8 Å². The van der Waals surface area contributed by atoms with E-state index in [0.717, 1.165) is 23.3 Å². The molecule has 0 saturated carbocycles. The van der Waals surface area contributed by atoms with Crippen LogP contribution in [0.5, 0.6) is 0 Å². The van der Waals surface area contributed by atoms with Crippen molar-refractivity contribution < 1.29 is 32.1 Å². The number of esters is 1. The van der Waals surface area contributed by atoms with Crippen LogP contribution >= 0.6 is 11.3 Å². The predicted molar refractivity (Wildman–Crippen MR) is 146 cm³/mol. The molecule has 3 atom stereocenters. The highest BCUT2D eigenvalue weighted by Gasteiger charge is 2.27. The minimum absolute atomic E-state index is 0.204. The first kappa shape index (κ1) is 30.2. The molecule has 0 aliphatic heterocycles. The molecule has 1 aliphatic rings. The van der Waals surface area contributed by atoms with Crippen LogP contribution in [0.25, 0.3) is 0 Å². The van der Waals surface area contributed by atoms with Crippen LogP contribution in [-0.2, 0) is 42.3 Å². The van der Waals surface area contributed by atoms with Gasteiger partial charge in [-0.25, -0.2) is 4.98 Å². The lowest BCUT2D eigenvalue weighted by Crippen LogP contribution is -2.49. The van der Waals surface area contributed by atoms with E-state index in [0.29, 0.717) is 17.8 Å². The van der Waals surface area contributed by atoms with Crippen molar-refractivity contribution >= 4 is 39.4 Å². The molecule has 1 unspecified atom stereocenters. The van der Waals surface area contributed by atoms with Crippen LogP contribution in [0.15, 0.2) is 59.5 Å². The molecule has 0 saturated heterocycles. The minimum Gasteiger partial charge on any atom is -0.469 e. The highest BCUT2D eigenvalue weighted by Crippen LogP contribution is 2.27. The number of carbonyl (C=O) groups excluding carboxylic acids is 3. The number of nitrogens with zero attached hydrogens (tertiary/aromatic N) is 1. The Morgan fingerprint density at radius 2 is 1.92 bits per heavy atom. The van der Waals surface area contributed by atoms with Crippen molar-refractivity contribution in [3.05, 3.63) is 75.8 Å². The lowest BCUT2D eigenvalue weighted by Gasteiger charge is -2.24. The van der Waals surface area contributed by atoms with Gasteiger partial charge in [0, 0.05) is 17.8 Å². The van der Waals surface area contributed by atoms with E-state index in [-0.39, 0.29) is 6.42 Å².